The average molecular weight is 244 g/mol. The van der Waals surface area contributed by atoms with Gasteiger partial charge in [0.05, 0.1) is 24.3 Å². The maximum Gasteiger partial charge on any atom is 0.0996 e. The molecule has 0 radical (unpaired) electrons. The number of hydrogen-bond acceptors (Lipinski definition) is 2. The lowest BCUT2D eigenvalue weighted by atomic mass is 9.96. The zero-order valence-corrected chi connectivity index (χ0v) is 11.2. The summed E-state index contributed by atoms with van der Waals surface area (Å²) in [6, 6.07) is 6.23. The number of aromatic nitrogens is 2. The van der Waals surface area contributed by atoms with Crippen LogP contribution in [0, 0.1) is 13.8 Å². The lowest BCUT2D eigenvalue weighted by Crippen LogP contribution is -2.10. The van der Waals surface area contributed by atoms with Gasteiger partial charge < -0.3 is 9.67 Å². The Morgan fingerprint density at radius 2 is 1.94 bits per heavy atom. The molecule has 18 heavy (non-hydrogen) atoms. The molecule has 1 N–H and O–H groups in total. The molecule has 0 bridgehead atoms. The first kappa shape index (κ1) is 12.8. The largest absolute Gasteiger partial charge is 0.386 e. The fourth-order valence-corrected chi connectivity index (χ4v) is 2.34. The van der Waals surface area contributed by atoms with E-state index >= 15 is 0 Å². The van der Waals surface area contributed by atoms with Crippen LogP contribution in [0.2, 0.25) is 0 Å². The molecular weight excluding hydrogens is 224 g/mol. The van der Waals surface area contributed by atoms with E-state index < -0.39 is 6.10 Å². The molecule has 0 amide bonds. The first-order valence-electron chi connectivity index (χ1n) is 6.36. The van der Waals surface area contributed by atoms with E-state index in [9.17, 15) is 5.11 Å². The van der Waals surface area contributed by atoms with Gasteiger partial charge in [0, 0.05) is 13.0 Å². The number of imidazole rings is 1. The van der Waals surface area contributed by atoms with Crippen LogP contribution in [0.25, 0.3) is 0 Å². The van der Waals surface area contributed by atoms with Crippen LogP contribution in [-0.4, -0.2) is 14.7 Å². The highest BCUT2D eigenvalue weighted by atomic mass is 16.3. The number of aliphatic hydroxyl groups excluding tert-OH is 1. The van der Waals surface area contributed by atoms with Gasteiger partial charge in [-0.3, -0.25) is 0 Å². The van der Waals surface area contributed by atoms with E-state index in [4.69, 9.17) is 0 Å². The van der Waals surface area contributed by atoms with E-state index in [1.165, 1.54) is 16.7 Å². The molecule has 0 aliphatic carbocycles. The van der Waals surface area contributed by atoms with E-state index in [1.807, 2.05) is 4.57 Å². The Labute approximate surface area is 108 Å². The second-order valence-electron chi connectivity index (χ2n) is 4.69. The zero-order chi connectivity index (χ0) is 13.1. The molecular formula is C15H20N2O. The maximum atomic E-state index is 10.4. The number of aryl methyl sites for hydroxylation is 3. The molecule has 1 atom stereocenters. The summed E-state index contributed by atoms with van der Waals surface area (Å²) in [5, 5.41) is 10.4. The van der Waals surface area contributed by atoms with Crippen molar-refractivity contribution in [3.8, 4) is 0 Å². The molecule has 1 aromatic heterocycles. The molecule has 0 aliphatic heterocycles. The first-order chi connectivity index (χ1) is 8.63. The Hall–Kier alpha value is -1.61. The monoisotopic (exact) mass is 244 g/mol. The van der Waals surface area contributed by atoms with E-state index in [1.54, 1.807) is 12.5 Å². The van der Waals surface area contributed by atoms with Crippen LogP contribution >= 0.6 is 0 Å². The van der Waals surface area contributed by atoms with Gasteiger partial charge in [0.25, 0.3) is 0 Å². The van der Waals surface area contributed by atoms with Gasteiger partial charge in [0.1, 0.15) is 0 Å². The molecule has 2 rings (SSSR count). The number of aliphatic hydroxyl groups is 1. The molecule has 3 heteroatoms. The van der Waals surface area contributed by atoms with Crippen molar-refractivity contribution >= 4 is 0 Å². The van der Waals surface area contributed by atoms with E-state index in [0.29, 0.717) is 6.42 Å². The molecule has 0 fully saturated rings. The van der Waals surface area contributed by atoms with Gasteiger partial charge in [-0.05, 0) is 37.5 Å². The van der Waals surface area contributed by atoms with Crippen molar-refractivity contribution in [2.75, 3.05) is 0 Å². The Morgan fingerprint density at radius 1 is 1.28 bits per heavy atom. The number of nitrogens with zero attached hydrogens (tertiary/aromatic N) is 2. The maximum absolute atomic E-state index is 10.4. The van der Waals surface area contributed by atoms with Crippen LogP contribution in [0.3, 0.4) is 0 Å². The van der Waals surface area contributed by atoms with Crippen LogP contribution in [0.5, 0.6) is 0 Å². The topological polar surface area (TPSA) is 38.0 Å². The predicted octanol–water partition coefficient (Wildman–Crippen LogP) is 2.80. The Balaban J connectivity index is 2.24. The van der Waals surface area contributed by atoms with Crippen molar-refractivity contribution < 1.29 is 5.11 Å². The zero-order valence-electron chi connectivity index (χ0n) is 11.2. The minimum absolute atomic E-state index is 0.493. The van der Waals surface area contributed by atoms with Gasteiger partial charge in [0.2, 0.25) is 0 Å². The van der Waals surface area contributed by atoms with Crippen molar-refractivity contribution in [1.82, 2.24) is 9.55 Å². The van der Waals surface area contributed by atoms with Crippen LogP contribution in [0.15, 0.2) is 30.7 Å². The SMILES string of the molecule is CCn1cncc1C(O)Cc1c(C)cccc1C. The second-order valence-corrected chi connectivity index (χ2v) is 4.69. The lowest BCUT2D eigenvalue weighted by Gasteiger charge is -2.16. The third-order valence-electron chi connectivity index (χ3n) is 3.47. The van der Waals surface area contributed by atoms with Gasteiger partial charge in [-0.1, -0.05) is 18.2 Å². The molecule has 0 saturated carbocycles. The summed E-state index contributed by atoms with van der Waals surface area (Å²) in [6.07, 6.45) is 3.67. The summed E-state index contributed by atoms with van der Waals surface area (Å²) >= 11 is 0. The van der Waals surface area contributed by atoms with E-state index in [-0.39, 0.29) is 0 Å². The lowest BCUT2D eigenvalue weighted by molar-refractivity contribution is 0.168. The average Bonchev–Trinajstić information content (AvgIpc) is 2.82. The normalized spacial score (nSPS) is 12.7. The summed E-state index contributed by atoms with van der Waals surface area (Å²) in [5.74, 6) is 0. The number of rotatable bonds is 4. The van der Waals surface area contributed by atoms with E-state index in [2.05, 4.69) is 44.0 Å². The quantitative estimate of drug-likeness (QED) is 0.898. The predicted molar refractivity (Wildman–Crippen MR) is 72.5 cm³/mol. The molecule has 1 aromatic carbocycles. The van der Waals surface area contributed by atoms with Gasteiger partial charge in [-0.25, -0.2) is 4.98 Å². The summed E-state index contributed by atoms with van der Waals surface area (Å²) in [6.45, 7) is 7.06. The van der Waals surface area contributed by atoms with Gasteiger partial charge in [-0.2, -0.15) is 0 Å². The third-order valence-corrected chi connectivity index (χ3v) is 3.47. The highest BCUT2D eigenvalue weighted by Gasteiger charge is 2.15. The van der Waals surface area contributed by atoms with Gasteiger partial charge in [0.15, 0.2) is 0 Å². The third kappa shape index (κ3) is 2.46. The summed E-state index contributed by atoms with van der Waals surface area (Å²) in [7, 11) is 0. The summed E-state index contributed by atoms with van der Waals surface area (Å²) in [4.78, 5) is 4.10. The van der Waals surface area contributed by atoms with Crippen molar-refractivity contribution in [3.05, 3.63) is 53.1 Å². The standard InChI is InChI=1S/C15H20N2O/c1-4-17-10-16-9-14(17)15(18)8-13-11(2)6-5-7-12(13)3/h5-7,9-10,15,18H,4,8H2,1-3H3. The molecule has 1 unspecified atom stereocenters. The fourth-order valence-electron chi connectivity index (χ4n) is 2.34. The smallest absolute Gasteiger partial charge is 0.0996 e. The summed E-state index contributed by atoms with van der Waals surface area (Å²) in [5.41, 5.74) is 4.59. The van der Waals surface area contributed by atoms with Crippen molar-refractivity contribution in [2.45, 2.75) is 39.8 Å². The minimum Gasteiger partial charge on any atom is -0.386 e. The second kappa shape index (κ2) is 5.36. The van der Waals surface area contributed by atoms with Gasteiger partial charge in [-0.15, -0.1) is 0 Å². The fraction of sp³-hybridized carbons (Fsp3) is 0.400. The molecule has 1 heterocycles. The van der Waals surface area contributed by atoms with Crippen molar-refractivity contribution in [2.24, 2.45) is 0 Å². The van der Waals surface area contributed by atoms with Crippen LogP contribution in [-0.2, 0) is 13.0 Å². The van der Waals surface area contributed by atoms with Gasteiger partial charge >= 0.3 is 0 Å². The number of hydrogen-bond donors (Lipinski definition) is 1. The Morgan fingerprint density at radius 3 is 2.56 bits per heavy atom. The minimum atomic E-state index is -0.493. The molecule has 0 saturated heterocycles. The molecule has 2 aromatic rings. The van der Waals surface area contributed by atoms with E-state index in [0.717, 1.165) is 12.2 Å². The number of benzene rings is 1. The Bertz CT molecular complexity index is 511. The molecule has 3 nitrogen and oxygen atoms in total. The summed E-state index contributed by atoms with van der Waals surface area (Å²) < 4.78 is 1.98. The van der Waals surface area contributed by atoms with Crippen LogP contribution < -0.4 is 0 Å². The molecule has 0 aliphatic rings. The van der Waals surface area contributed by atoms with Crippen molar-refractivity contribution in [3.63, 3.8) is 0 Å². The first-order valence-corrected chi connectivity index (χ1v) is 6.36. The molecule has 0 spiro atoms. The Kier molecular flexibility index (Phi) is 3.82. The highest BCUT2D eigenvalue weighted by Crippen LogP contribution is 2.22. The van der Waals surface area contributed by atoms with Crippen LogP contribution in [0.1, 0.15) is 35.4 Å². The highest BCUT2D eigenvalue weighted by molar-refractivity contribution is 5.34. The molecule has 96 valence electrons. The van der Waals surface area contributed by atoms with Crippen molar-refractivity contribution in [1.29, 1.82) is 0 Å². The van der Waals surface area contributed by atoms with Crippen LogP contribution in [0.4, 0.5) is 0 Å².